The molecule has 0 spiro atoms. The van der Waals surface area contributed by atoms with Crippen molar-refractivity contribution < 1.29 is 4.79 Å². The lowest BCUT2D eigenvalue weighted by molar-refractivity contribution is -0.144. The number of nitrogens with zero attached hydrogens (tertiary/aromatic N) is 1. The first-order chi connectivity index (χ1) is 8.73. The molecule has 0 aliphatic heterocycles. The summed E-state index contributed by atoms with van der Waals surface area (Å²) in [6.45, 7) is 8.49. The van der Waals surface area contributed by atoms with Gasteiger partial charge in [0.2, 0.25) is 5.91 Å². The molecule has 1 aromatic rings. The summed E-state index contributed by atoms with van der Waals surface area (Å²) < 4.78 is 0. The van der Waals surface area contributed by atoms with Crippen LogP contribution in [0.1, 0.15) is 46.1 Å². The fourth-order valence-electron chi connectivity index (χ4n) is 1.97. The van der Waals surface area contributed by atoms with E-state index < -0.39 is 11.0 Å². The van der Waals surface area contributed by atoms with Gasteiger partial charge in [-0.1, -0.05) is 0 Å². The van der Waals surface area contributed by atoms with Crippen LogP contribution in [0.15, 0.2) is 16.8 Å². The first kappa shape index (κ1) is 14.5. The molecule has 1 aliphatic rings. The third-order valence-corrected chi connectivity index (χ3v) is 5.06. The van der Waals surface area contributed by atoms with E-state index in [0.717, 1.165) is 12.8 Å². The number of carbonyl (C=O) groups excluding carboxylic acids is 1. The molecule has 0 atom stereocenters. The number of rotatable bonds is 5. The van der Waals surface area contributed by atoms with Crippen LogP contribution in [0.4, 0.5) is 0 Å². The molecule has 1 aliphatic carbocycles. The number of thiophene rings is 1. The van der Waals surface area contributed by atoms with Crippen molar-refractivity contribution in [2.75, 3.05) is 0 Å². The van der Waals surface area contributed by atoms with Gasteiger partial charge in [-0.3, -0.25) is 4.79 Å². The van der Waals surface area contributed by atoms with E-state index in [1.54, 1.807) is 11.3 Å². The number of carbonyl (C=O) groups is 1. The van der Waals surface area contributed by atoms with Gasteiger partial charge in [0, 0.05) is 18.1 Å². The first-order valence-electron chi connectivity index (χ1n) is 6.84. The molecular formula is C15H24N2OS. The lowest BCUT2D eigenvalue weighted by Crippen LogP contribution is -2.56. The van der Waals surface area contributed by atoms with E-state index in [0.29, 0.717) is 12.6 Å². The third kappa shape index (κ3) is 3.00. The highest BCUT2D eigenvalue weighted by molar-refractivity contribution is 7.07. The molecule has 19 heavy (non-hydrogen) atoms. The Morgan fingerprint density at radius 1 is 1.42 bits per heavy atom. The average Bonchev–Trinajstić information content (AvgIpc) is 3.01. The standard InChI is InChI=1S/C15H24N2OS/c1-14(2,15(3,4)16)13(18)17(12-5-6-12)9-11-7-8-19-10-11/h7-8,10,12H,5-6,9,16H2,1-4H3. The molecule has 1 aromatic heterocycles. The number of amides is 1. The van der Waals surface area contributed by atoms with Crippen LogP contribution in [0.2, 0.25) is 0 Å². The second kappa shape index (κ2) is 4.91. The summed E-state index contributed by atoms with van der Waals surface area (Å²) >= 11 is 1.68. The molecule has 0 unspecified atom stereocenters. The molecule has 2 rings (SSSR count). The summed E-state index contributed by atoms with van der Waals surface area (Å²) in [6.07, 6.45) is 2.24. The van der Waals surface area contributed by atoms with Crippen molar-refractivity contribution in [1.29, 1.82) is 0 Å². The van der Waals surface area contributed by atoms with Gasteiger partial charge in [0.15, 0.2) is 0 Å². The van der Waals surface area contributed by atoms with Crippen molar-refractivity contribution in [2.45, 2.75) is 58.7 Å². The van der Waals surface area contributed by atoms with Crippen molar-refractivity contribution >= 4 is 17.2 Å². The van der Waals surface area contributed by atoms with Crippen molar-refractivity contribution in [1.82, 2.24) is 4.90 Å². The van der Waals surface area contributed by atoms with Gasteiger partial charge in [-0.15, -0.1) is 0 Å². The lowest BCUT2D eigenvalue weighted by atomic mass is 9.74. The Balaban J connectivity index is 2.18. The molecule has 3 nitrogen and oxygen atoms in total. The van der Waals surface area contributed by atoms with Gasteiger partial charge in [0.1, 0.15) is 0 Å². The molecule has 0 radical (unpaired) electrons. The van der Waals surface area contributed by atoms with Crippen LogP contribution in [-0.4, -0.2) is 22.4 Å². The summed E-state index contributed by atoms with van der Waals surface area (Å²) in [5.74, 6) is 0.175. The maximum atomic E-state index is 12.9. The first-order valence-corrected chi connectivity index (χ1v) is 7.79. The molecular weight excluding hydrogens is 256 g/mol. The van der Waals surface area contributed by atoms with Gasteiger partial charge in [0.05, 0.1) is 5.41 Å². The Morgan fingerprint density at radius 3 is 2.47 bits per heavy atom. The Kier molecular flexibility index (Phi) is 3.76. The van der Waals surface area contributed by atoms with Crippen molar-refractivity contribution in [3.8, 4) is 0 Å². The molecule has 1 heterocycles. The minimum absolute atomic E-state index is 0.175. The van der Waals surface area contributed by atoms with Gasteiger partial charge < -0.3 is 10.6 Å². The zero-order valence-electron chi connectivity index (χ0n) is 12.3. The highest BCUT2D eigenvalue weighted by Gasteiger charge is 2.46. The van der Waals surface area contributed by atoms with Gasteiger partial charge in [0.25, 0.3) is 0 Å². The molecule has 1 amide bonds. The van der Waals surface area contributed by atoms with Crippen LogP contribution in [0.25, 0.3) is 0 Å². The van der Waals surface area contributed by atoms with E-state index in [1.807, 2.05) is 32.6 Å². The van der Waals surface area contributed by atoms with Crippen LogP contribution >= 0.6 is 11.3 Å². The maximum absolute atomic E-state index is 12.9. The number of hydrogen-bond acceptors (Lipinski definition) is 3. The van der Waals surface area contributed by atoms with Crippen molar-refractivity contribution in [2.24, 2.45) is 11.1 Å². The lowest BCUT2D eigenvalue weighted by Gasteiger charge is -2.41. The van der Waals surface area contributed by atoms with Gasteiger partial charge in [-0.05, 0) is 62.9 Å². The zero-order chi connectivity index (χ0) is 14.3. The van der Waals surface area contributed by atoms with Crippen molar-refractivity contribution in [3.05, 3.63) is 22.4 Å². The molecule has 0 saturated heterocycles. The Labute approximate surface area is 119 Å². The number of nitrogens with two attached hydrogens (primary N) is 1. The molecule has 0 aromatic carbocycles. The van der Waals surface area contributed by atoms with Gasteiger partial charge in [-0.25, -0.2) is 0 Å². The number of hydrogen-bond donors (Lipinski definition) is 1. The van der Waals surface area contributed by atoms with Gasteiger partial charge >= 0.3 is 0 Å². The van der Waals surface area contributed by atoms with E-state index in [1.165, 1.54) is 5.56 Å². The summed E-state index contributed by atoms with van der Waals surface area (Å²) in [7, 11) is 0. The van der Waals surface area contributed by atoms with Crippen LogP contribution in [0, 0.1) is 5.41 Å². The van der Waals surface area contributed by atoms with Crippen molar-refractivity contribution in [3.63, 3.8) is 0 Å². The third-order valence-electron chi connectivity index (χ3n) is 4.33. The van der Waals surface area contributed by atoms with Crippen LogP contribution in [0.3, 0.4) is 0 Å². The Morgan fingerprint density at radius 2 is 2.05 bits per heavy atom. The quantitative estimate of drug-likeness (QED) is 0.901. The van der Waals surface area contributed by atoms with Gasteiger partial charge in [-0.2, -0.15) is 11.3 Å². The molecule has 4 heteroatoms. The Bertz CT molecular complexity index is 441. The summed E-state index contributed by atoms with van der Waals surface area (Å²) in [4.78, 5) is 14.9. The maximum Gasteiger partial charge on any atom is 0.230 e. The second-order valence-corrected chi connectivity index (χ2v) is 7.42. The summed E-state index contributed by atoms with van der Waals surface area (Å²) in [6, 6.07) is 2.50. The van der Waals surface area contributed by atoms with Crippen LogP contribution in [0.5, 0.6) is 0 Å². The predicted molar refractivity (Wildman–Crippen MR) is 79.9 cm³/mol. The zero-order valence-corrected chi connectivity index (χ0v) is 13.1. The summed E-state index contributed by atoms with van der Waals surface area (Å²) in [5, 5.41) is 4.17. The predicted octanol–water partition coefficient (Wildman–Crippen LogP) is 3.00. The van der Waals surface area contributed by atoms with E-state index in [-0.39, 0.29) is 5.91 Å². The van der Waals surface area contributed by atoms with E-state index >= 15 is 0 Å². The largest absolute Gasteiger partial charge is 0.335 e. The molecule has 0 bridgehead atoms. The second-order valence-electron chi connectivity index (χ2n) is 6.64. The fourth-order valence-corrected chi connectivity index (χ4v) is 2.63. The minimum Gasteiger partial charge on any atom is -0.335 e. The van der Waals surface area contributed by atoms with E-state index in [4.69, 9.17) is 5.73 Å². The molecule has 1 fully saturated rings. The topological polar surface area (TPSA) is 46.3 Å². The monoisotopic (exact) mass is 280 g/mol. The molecule has 2 N–H and O–H groups in total. The van der Waals surface area contributed by atoms with E-state index in [2.05, 4.69) is 16.8 Å². The van der Waals surface area contributed by atoms with Crippen LogP contribution in [-0.2, 0) is 11.3 Å². The molecule has 1 saturated carbocycles. The average molecular weight is 280 g/mol. The highest BCUT2D eigenvalue weighted by Crippen LogP contribution is 2.36. The fraction of sp³-hybridized carbons (Fsp3) is 0.667. The summed E-state index contributed by atoms with van der Waals surface area (Å²) in [5.41, 5.74) is 6.35. The van der Waals surface area contributed by atoms with Crippen LogP contribution < -0.4 is 5.73 Å². The van der Waals surface area contributed by atoms with E-state index in [9.17, 15) is 4.79 Å². The SMILES string of the molecule is CC(C)(N)C(C)(C)C(=O)N(Cc1ccsc1)C1CC1. The Hall–Kier alpha value is -0.870. The molecule has 106 valence electrons. The smallest absolute Gasteiger partial charge is 0.230 e. The highest BCUT2D eigenvalue weighted by atomic mass is 32.1. The minimum atomic E-state index is -0.550. The normalized spacial score (nSPS) is 16.5.